The predicted octanol–water partition coefficient (Wildman–Crippen LogP) is 1.70. The van der Waals surface area contributed by atoms with Gasteiger partial charge < -0.3 is 4.74 Å². The van der Waals surface area contributed by atoms with Crippen LogP contribution < -0.4 is 0 Å². The molecule has 0 aromatic heterocycles. The molecule has 0 fully saturated rings. The highest BCUT2D eigenvalue weighted by atomic mass is 19.1. The summed E-state index contributed by atoms with van der Waals surface area (Å²) in [6, 6.07) is 0. The van der Waals surface area contributed by atoms with Gasteiger partial charge in [-0.25, -0.2) is 0 Å². The molecule has 0 N–H and O–H groups in total. The molecule has 0 saturated heterocycles. The van der Waals surface area contributed by atoms with E-state index in [0.717, 1.165) is 6.08 Å². The lowest BCUT2D eigenvalue weighted by Crippen LogP contribution is -2.17. The van der Waals surface area contributed by atoms with Crippen molar-refractivity contribution in [2.24, 2.45) is 0 Å². The SMILES string of the molecule is O=[N+]([O-])C1=[C+]C=CC(F)=C1C1C=CCO1. The van der Waals surface area contributed by atoms with Gasteiger partial charge in [0.15, 0.2) is 6.10 Å². The normalized spacial score (nSPS) is 24.1. The quantitative estimate of drug-likeness (QED) is 0.300. The van der Waals surface area contributed by atoms with E-state index in [-0.39, 0.29) is 11.3 Å². The van der Waals surface area contributed by atoms with Crippen molar-refractivity contribution in [1.82, 2.24) is 0 Å². The summed E-state index contributed by atoms with van der Waals surface area (Å²) in [6.07, 6.45) is 7.34. The first-order chi connectivity index (χ1) is 7.20. The van der Waals surface area contributed by atoms with E-state index in [1.165, 1.54) is 6.08 Å². The topological polar surface area (TPSA) is 52.4 Å². The Bertz CT molecular complexity index is 420. The van der Waals surface area contributed by atoms with Gasteiger partial charge in [-0.2, -0.15) is 4.39 Å². The zero-order valence-electron chi connectivity index (χ0n) is 7.64. The molecule has 1 unspecified atom stereocenters. The van der Waals surface area contributed by atoms with Gasteiger partial charge >= 0.3 is 5.70 Å². The lowest BCUT2D eigenvalue weighted by molar-refractivity contribution is -0.422. The van der Waals surface area contributed by atoms with Crippen LogP contribution in [0.15, 0.2) is 41.4 Å². The van der Waals surface area contributed by atoms with E-state index in [1.807, 2.05) is 0 Å². The molecule has 5 heteroatoms. The molecule has 0 spiro atoms. The van der Waals surface area contributed by atoms with Crippen LogP contribution in [0.1, 0.15) is 0 Å². The van der Waals surface area contributed by atoms with E-state index in [2.05, 4.69) is 6.08 Å². The van der Waals surface area contributed by atoms with Crippen molar-refractivity contribution in [3.63, 3.8) is 0 Å². The van der Waals surface area contributed by atoms with Gasteiger partial charge in [0.1, 0.15) is 17.1 Å². The van der Waals surface area contributed by atoms with Gasteiger partial charge in [-0.15, -0.1) is 0 Å². The van der Waals surface area contributed by atoms with Crippen LogP contribution in [0.4, 0.5) is 4.39 Å². The fourth-order valence-corrected chi connectivity index (χ4v) is 1.47. The highest BCUT2D eigenvalue weighted by molar-refractivity contribution is 5.43. The molecule has 4 nitrogen and oxygen atoms in total. The van der Waals surface area contributed by atoms with Crippen molar-refractivity contribution in [3.8, 4) is 0 Å². The molecule has 2 aliphatic rings. The molecule has 0 aromatic carbocycles. The number of hydrogen-bond donors (Lipinski definition) is 0. The third-order valence-electron chi connectivity index (χ3n) is 2.11. The third kappa shape index (κ3) is 1.70. The largest absolute Gasteiger partial charge is 0.436 e. The van der Waals surface area contributed by atoms with E-state index in [9.17, 15) is 14.5 Å². The van der Waals surface area contributed by atoms with Gasteiger partial charge in [0.05, 0.1) is 12.7 Å². The smallest absolute Gasteiger partial charge is 0.352 e. The monoisotopic (exact) mass is 208 g/mol. The summed E-state index contributed by atoms with van der Waals surface area (Å²) >= 11 is 0. The average molecular weight is 208 g/mol. The zero-order valence-corrected chi connectivity index (χ0v) is 7.64. The summed E-state index contributed by atoms with van der Waals surface area (Å²) in [7, 11) is 0. The zero-order chi connectivity index (χ0) is 10.8. The van der Waals surface area contributed by atoms with Gasteiger partial charge in [0.2, 0.25) is 11.4 Å². The summed E-state index contributed by atoms with van der Waals surface area (Å²) in [4.78, 5) is 10.00. The Labute approximate surface area is 85.2 Å². The van der Waals surface area contributed by atoms with Crippen molar-refractivity contribution in [2.75, 3.05) is 6.61 Å². The van der Waals surface area contributed by atoms with Gasteiger partial charge in [-0.1, -0.05) is 6.08 Å². The Kier molecular flexibility index (Phi) is 2.41. The highest BCUT2D eigenvalue weighted by Gasteiger charge is 2.40. The van der Waals surface area contributed by atoms with Crippen molar-refractivity contribution in [2.45, 2.75) is 6.10 Å². The van der Waals surface area contributed by atoms with Crippen LogP contribution in [0.25, 0.3) is 0 Å². The second-order valence-electron chi connectivity index (χ2n) is 3.03. The summed E-state index contributed by atoms with van der Waals surface area (Å²) < 4.78 is 18.6. The second kappa shape index (κ2) is 3.73. The van der Waals surface area contributed by atoms with Crippen LogP contribution in [0.3, 0.4) is 0 Å². The lowest BCUT2D eigenvalue weighted by Gasteiger charge is -2.05. The molecule has 2 rings (SSSR count). The summed E-state index contributed by atoms with van der Waals surface area (Å²) in [5.74, 6) is -0.642. The summed E-state index contributed by atoms with van der Waals surface area (Å²) in [5.41, 5.74) is -0.428. The first-order valence-corrected chi connectivity index (χ1v) is 4.33. The minimum Gasteiger partial charge on any atom is -0.352 e. The number of halogens is 1. The number of allylic oxidation sites excluding steroid dienone is 4. The van der Waals surface area contributed by atoms with E-state index in [0.29, 0.717) is 6.61 Å². The van der Waals surface area contributed by atoms with Gasteiger partial charge in [0.25, 0.3) is 0 Å². The number of nitrogens with zero attached hydrogens (tertiary/aromatic N) is 1. The fourth-order valence-electron chi connectivity index (χ4n) is 1.47. The molecular formula is C10H7FNO3+. The third-order valence-corrected chi connectivity index (χ3v) is 2.11. The Morgan fingerprint density at radius 1 is 1.67 bits per heavy atom. The van der Waals surface area contributed by atoms with Crippen molar-refractivity contribution >= 4 is 0 Å². The van der Waals surface area contributed by atoms with E-state index >= 15 is 0 Å². The lowest BCUT2D eigenvalue weighted by atomic mass is 10.0. The molecule has 0 bridgehead atoms. The first kappa shape index (κ1) is 9.71. The van der Waals surface area contributed by atoms with E-state index in [1.54, 1.807) is 12.2 Å². The fraction of sp³-hybridized carbons (Fsp3) is 0.200. The molecule has 0 saturated carbocycles. The van der Waals surface area contributed by atoms with E-state index < -0.39 is 16.9 Å². The molecule has 1 heterocycles. The maximum absolute atomic E-state index is 13.4. The molecule has 1 aliphatic heterocycles. The molecule has 0 aromatic rings. The van der Waals surface area contributed by atoms with Gasteiger partial charge in [-0.3, -0.25) is 10.1 Å². The second-order valence-corrected chi connectivity index (χ2v) is 3.03. The van der Waals surface area contributed by atoms with E-state index in [4.69, 9.17) is 4.74 Å². The summed E-state index contributed by atoms with van der Waals surface area (Å²) in [6.45, 7) is 0.343. The van der Waals surface area contributed by atoms with Crippen molar-refractivity contribution in [1.29, 1.82) is 0 Å². The predicted molar refractivity (Wildman–Crippen MR) is 49.9 cm³/mol. The number of nitro groups is 1. The molecule has 1 atom stereocenters. The van der Waals surface area contributed by atoms with Gasteiger partial charge in [-0.05, 0) is 6.08 Å². The summed E-state index contributed by atoms with van der Waals surface area (Å²) in [5, 5.41) is 10.7. The van der Waals surface area contributed by atoms with Crippen LogP contribution in [-0.4, -0.2) is 17.6 Å². The Hall–Kier alpha value is -1.84. The number of ether oxygens (including phenoxy) is 1. The Morgan fingerprint density at radius 2 is 2.47 bits per heavy atom. The molecular weight excluding hydrogens is 201 g/mol. The maximum Gasteiger partial charge on any atom is 0.436 e. The number of hydrogen-bond acceptors (Lipinski definition) is 3. The van der Waals surface area contributed by atoms with Crippen LogP contribution in [0.5, 0.6) is 0 Å². The van der Waals surface area contributed by atoms with Crippen LogP contribution in [0, 0.1) is 16.2 Å². The molecule has 76 valence electrons. The Balaban J connectivity index is 2.41. The van der Waals surface area contributed by atoms with Crippen LogP contribution in [-0.2, 0) is 4.74 Å². The van der Waals surface area contributed by atoms with Crippen molar-refractivity contribution < 1.29 is 14.1 Å². The minimum absolute atomic E-state index is 0.0590. The molecule has 0 amide bonds. The Morgan fingerprint density at radius 3 is 3.07 bits per heavy atom. The molecule has 0 radical (unpaired) electrons. The first-order valence-electron chi connectivity index (χ1n) is 4.33. The highest BCUT2D eigenvalue weighted by Crippen LogP contribution is 2.28. The van der Waals surface area contributed by atoms with Crippen LogP contribution >= 0.6 is 0 Å². The maximum atomic E-state index is 13.4. The minimum atomic E-state index is -0.678. The van der Waals surface area contributed by atoms with Crippen LogP contribution in [0.2, 0.25) is 0 Å². The number of rotatable bonds is 2. The van der Waals surface area contributed by atoms with Crippen molar-refractivity contribution in [3.05, 3.63) is 57.6 Å². The molecule has 1 aliphatic carbocycles. The molecule has 15 heavy (non-hydrogen) atoms. The average Bonchev–Trinajstić information content (AvgIpc) is 2.70. The standard InChI is InChI=1S/C10H7FNO3/c11-7-3-1-4-8(12(13)14)10(7)9-5-2-6-15-9/h1-3,5,9H,6H2/q+1. The van der Waals surface area contributed by atoms with Gasteiger partial charge in [0, 0.05) is 0 Å².